The van der Waals surface area contributed by atoms with Crippen molar-refractivity contribution < 1.29 is 0 Å². The highest BCUT2D eigenvalue weighted by Gasteiger charge is 2.17. The second-order valence-electron chi connectivity index (χ2n) is 2.47. The lowest BCUT2D eigenvalue weighted by molar-refractivity contribution is 0.428. The molecular formula is C6H10N4S. The highest BCUT2D eigenvalue weighted by Crippen LogP contribution is 2.12. The van der Waals surface area contributed by atoms with Gasteiger partial charge in [0.05, 0.1) is 12.0 Å². The van der Waals surface area contributed by atoms with Crippen LogP contribution in [-0.2, 0) is 13.1 Å². The number of thioether (sulfide) groups is 1. The van der Waals surface area contributed by atoms with Gasteiger partial charge in [-0.25, -0.2) is 9.67 Å². The molecule has 1 aromatic heterocycles. The summed E-state index contributed by atoms with van der Waals surface area (Å²) in [6.45, 7) is 0.792. The van der Waals surface area contributed by atoms with Gasteiger partial charge in [0.2, 0.25) is 0 Å². The van der Waals surface area contributed by atoms with E-state index in [9.17, 15) is 0 Å². The van der Waals surface area contributed by atoms with Crippen LogP contribution in [0.2, 0.25) is 0 Å². The van der Waals surface area contributed by atoms with E-state index in [1.54, 1.807) is 6.33 Å². The molecule has 4 nitrogen and oxygen atoms in total. The topological polar surface area (TPSA) is 42.7 Å². The molecule has 1 N–H and O–H groups in total. The number of hydrogen-bond acceptors (Lipinski definition) is 4. The fraction of sp³-hybridized carbons (Fsp3) is 0.667. The molecule has 5 heteroatoms. The van der Waals surface area contributed by atoms with E-state index >= 15 is 0 Å². The highest BCUT2D eigenvalue weighted by molar-refractivity contribution is 7.99. The first kappa shape index (κ1) is 7.12. The molecule has 0 spiro atoms. The lowest BCUT2D eigenvalue weighted by Gasteiger charge is -2.21. The zero-order chi connectivity index (χ0) is 7.68. The Labute approximate surface area is 69.4 Å². The van der Waals surface area contributed by atoms with Crippen LogP contribution in [0.15, 0.2) is 6.33 Å². The number of aromatic nitrogens is 3. The van der Waals surface area contributed by atoms with Crippen LogP contribution in [0.3, 0.4) is 0 Å². The van der Waals surface area contributed by atoms with Gasteiger partial charge in [-0.1, -0.05) is 0 Å². The van der Waals surface area contributed by atoms with Crippen molar-refractivity contribution in [3.63, 3.8) is 0 Å². The average Bonchev–Trinajstić information content (AvgIpc) is 2.50. The minimum Gasteiger partial charge on any atom is -0.286 e. The van der Waals surface area contributed by atoms with Crippen LogP contribution in [0, 0.1) is 0 Å². The SMILES string of the molecule is CSC1Cc2ncnn2CN1. The fourth-order valence-electron chi connectivity index (χ4n) is 1.17. The van der Waals surface area contributed by atoms with Crippen molar-refractivity contribution in [3.8, 4) is 0 Å². The van der Waals surface area contributed by atoms with Crippen LogP contribution in [0.25, 0.3) is 0 Å². The van der Waals surface area contributed by atoms with Crippen molar-refractivity contribution in [1.82, 2.24) is 20.1 Å². The van der Waals surface area contributed by atoms with Gasteiger partial charge in [0.25, 0.3) is 0 Å². The first-order chi connectivity index (χ1) is 5.40. The molecule has 0 aromatic carbocycles. The Hall–Kier alpha value is -0.550. The van der Waals surface area contributed by atoms with Crippen LogP contribution >= 0.6 is 11.8 Å². The molecule has 0 radical (unpaired) electrons. The normalized spacial score (nSPS) is 23.2. The van der Waals surface area contributed by atoms with Gasteiger partial charge in [0.15, 0.2) is 0 Å². The molecule has 1 atom stereocenters. The monoisotopic (exact) mass is 170 g/mol. The van der Waals surface area contributed by atoms with Crippen LogP contribution in [0.5, 0.6) is 0 Å². The fourth-order valence-corrected chi connectivity index (χ4v) is 1.73. The summed E-state index contributed by atoms with van der Waals surface area (Å²) in [5.74, 6) is 1.09. The maximum atomic E-state index is 4.15. The van der Waals surface area contributed by atoms with Crippen molar-refractivity contribution in [1.29, 1.82) is 0 Å². The molecule has 1 aliphatic rings. The van der Waals surface area contributed by atoms with Gasteiger partial charge >= 0.3 is 0 Å². The highest BCUT2D eigenvalue weighted by atomic mass is 32.2. The lowest BCUT2D eigenvalue weighted by Crippen LogP contribution is -2.36. The first-order valence-electron chi connectivity index (χ1n) is 3.53. The summed E-state index contributed by atoms with van der Waals surface area (Å²) in [5, 5.41) is 7.90. The molecule has 1 aromatic rings. The Balaban J connectivity index is 2.18. The Morgan fingerprint density at radius 1 is 1.82 bits per heavy atom. The minimum atomic E-state index is 0.506. The average molecular weight is 170 g/mol. The predicted molar refractivity (Wildman–Crippen MR) is 44.2 cm³/mol. The molecule has 0 saturated carbocycles. The van der Waals surface area contributed by atoms with E-state index in [0.29, 0.717) is 5.37 Å². The van der Waals surface area contributed by atoms with E-state index in [-0.39, 0.29) is 0 Å². The Kier molecular flexibility index (Phi) is 1.83. The summed E-state index contributed by atoms with van der Waals surface area (Å²) in [7, 11) is 0. The van der Waals surface area contributed by atoms with Gasteiger partial charge in [-0.2, -0.15) is 5.10 Å². The lowest BCUT2D eigenvalue weighted by atomic mass is 10.3. The molecule has 11 heavy (non-hydrogen) atoms. The number of nitrogens with one attached hydrogen (secondary N) is 1. The first-order valence-corrected chi connectivity index (χ1v) is 4.82. The third-order valence-corrected chi connectivity index (χ3v) is 2.72. The number of fused-ring (bicyclic) bond motifs is 1. The van der Waals surface area contributed by atoms with E-state index in [4.69, 9.17) is 0 Å². The zero-order valence-corrected chi connectivity index (χ0v) is 7.14. The third-order valence-electron chi connectivity index (χ3n) is 1.82. The van der Waals surface area contributed by atoms with Gasteiger partial charge in [0.1, 0.15) is 12.2 Å². The van der Waals surface area contributed by atoms with Crippen molar-refractivity contribution in [2.45, 2.75) is 18.5 Å². The largest absolute Gasteiger partial charge is 0.286 e. The standard InChI is InChI=1S/C6H10N4S/c1-11-6-2-5-7-3-9-10(5)4-8-6/h3,6,8H,2,4H2,1H3. The van der Waals surface area contributed by atoms with E-state index < -0.39 is 0 Å². The summed E-state index contributed by atoms with van der Waals surface area (Å²) >= 11 is 1.82. The Bertz CT molecular complexity index is 246. The van der Waals surface area contributed by atoms with Gasteiger partial charge in [-0.05, 0) is 6.26 Å². The maximum absolute atomic E-state index is 4.15. The Morgan fingerprint density at radius 3 is 3.55 bits per heavy atom. The van der Waals surface area contributed by atoms with Crippen LogP contribution in [0.4, 0.5) is 0 Å². The molecule has 0 saturated heterocycles. The predicted octanol–water partition coefficient (Wildman–Crippen LogP) is 0.0704. The summed E-state index contributed by atoms with van der Waals surface area (Å²) in [5.41, 5.74) is 0. The molecule has 2 rings (SSSR count). The maximum Gasteiger partial charge on any atom is 0.138 e. The molecular weight excluding hydrogens is 160 g/mol. The molecule has 0 bridgehead atoms. The molecule has 60 valence electrons. The van der Waals surface area contributed by atoms with Gasteiger partial charge in [-0.15, -0.1) is 11.8 Å². The molecule has 1 aliphatic heterocycles. The quantitative estimate of drug-likeness (QED) is 0.647. The van der Waals surface area contributed by atoms with Crippen molar-refractivity contribution in [3.05, 3.63) is 12.2 Å². The van der Waals surface area contributed by atoms with Crippen molar-refractivity contribution >= 4 is 11.8 Å². The summed E-state index contributed by atoms with van der Waals surface area (Å²) in [6, 6.07) is 0. The summed E-state index contributed by atoms with van der Waals surface area (Å²) < 4.78 is 1.90. The summed E-state index contributed by atoms with van der Waals surface area (Å²) in [6.07, 6.45) is 4.69. The minimum absolute atomic E-state index is 0.506. The van der Waals surface area contributed by atoms with Crippen LogP contribution in [-0.4, -0.2) is 26.4 Å². The van der Waals surface area contributed by atoms with E-state index in [2.05, 4.69) is 21.7 Å². The van der Waals surface area contributed by atoms with Gasteiger partial charge < -0.3 is 0 Å². The second kappa shape index (κ2) is 2.83. The molecule has 0 amide bonds. The second-order valence-corrected chi connectivity index (χ2v) is 3.51. The third kappa shape index (κ3) is 1.25. The Morgan fingerprint density at radius 2 is 2.73 bits per heavy atom. The molecule has 0 aliphatic carbocycles. The molecule has 1 unspecified atom stereocenters. The van der Waals surface area contributed by atoms with Crippen molar-refractivity contribution in [2.24, 2.45) is 0 Å². The van der Waals surface area contributed by atoms with Crippen molar-refractivity contribution in [2.75, 3.05) is 6.26 Å². The molecule has 0 fully saturated rings. The summed E-state index contributed by atoms with van der Waals surface area (Å²) in [4.78, 5) is 4.15. The number of hydrogen-bond donors (Lipinski definition) is 1. The van der Waals surface area contributed by atoms with Gasteiger partial charge in [0, 0.05) is 6.42 Å². The van der Waals surface area contributed by atoms with Gasteiger partial charge in [-0.3, -0.25) is 5.32 Å². The number of nitrogens with zero attached hydrogens (tertiary/aromatic N) is 3. The van der Waals surface area contributed by atoms with E-state index in [0.717, 1.165) is 18.9 Å². The van der Waals surface area contributed by atoms with E-state index in [1.807, 2.05) is 16.4 Å². The zero-order valence-electron chi connectivity index (χ0n) is 6.32. The smallest absolute Gasteiger partial charge is 0.138 e. The van der Waals surface area contributed by atoms with Crippen LogP contribution in [0.1, 0.15) is 5.82 Å². The number of rotatable bonds is 1. The van der Waals surface area contributed by atoms with Crippen LogP contribution < -0.4 is 5.32 Å². The molecule has 2 heterocycles. The van der Waals surface area contributed by atoms with E-state index in [1.165, 1.54) is 0 Å².